The summed E-state index contributed by atoms with van der Waals surface area (Å²) in [7, 11) is -7.09. The first-order chi connectivity index (χ1) is 9.20. The zero-order chi connectivity index (χ0) is 15.0. The Balaban J connectivity index is 2.25. The molecule has 0 bridgehead atoms. The molecule has 2 rings (SSSR count). The van der Waals surface area contributed by atoms with Crippen LogP contribution < -0.4 is 4.72 Å². The van der Waals surface area contributed by atoms with Gasteiger partial charge in [0.1, 0.15) is 10.0 Å². The fourth-order valence-corrected chi connectivity index (χ4v) is 5.95. The molecule has 6 nitrogen and oxygen atoms in total. The predicted octanol–water partition coefficient (Wildman–Crippen LogP) is 1.35. The van der Waals surface area contributed by atoms with Crippen LogP contribution in [0, 0.1) is 0 Å². The smallest absolute Gasteiger partial charge is 0.242 e. The summed E-state index contributed by atoms with van der Waals surface area (Å²) >= 11 is 8.91. The fraction of sp³-hybridized carbons (Fsp3) is 0.500. The molecule has 2 heterocycles. The molecule has 0 spiro atoms. The molecule has 1 aromatic heterocycles. The van der Waals surface area contributed by atoms with Crippen molar-refractivity contribution in [1.82, 2.24) is 9.71 Å². The van der Waals surface area contributed by atoms with Crippen LogP contribution in [0.3, 0.4) is 0 Å². The Morgan fingerprint density at radius 2 is 2.15 bits per heavy atom. The Bertz CT molecular complexity index is 721. The molecule has 1 saturated heterocycles. The molecule has 1 unspecified atom stereocenters. The molecule has 0 aromatic carbocycles. The second kappa shape index (κ2) is 5.88. The van der Waals surface area contributed by atoms with E-state index in [9.17, 15) is 16.8 Å². The average Bonchev–Trinajstić information content (AvgIpc) is 2.30. The Morgan fingerprint density at radius 3 is 2.80 bits per heavy atom. The highest BCUT2D eigenvalue weighted by molar-refractivity contribution is 9.10. The van der Waals surface area contributed by atoms with Gasteiger partial charge in [0.05, 0.1) is 11.5 Å². The maximum absolute atomic E-state index is 12.2. The first kappa shape index (κ1) is 16.2. The highest BCUT2D eigenvalue weighted by Crippen LogP contribution is 2.23. The number of nitrogens with one attached hydrogen (secondary N) is 1. The van der Waals surface area contributed by atoms with Crippen molar-refractivity contribution in [3.63, 3.8) is 0 Å². The minimum absolute atomic E-state index is 0.102. The molecule has 0 radical (unpaired) electrons. The van der Waals surface area contributed by atoms with E-state index >= 15 is 0 Å². The predicted molar refractivity (Wildman–Crippen MR) is 78.9 cm³/mol. The third kappa shape index (κ3) is 3.91. The second-order valence-electron chi connectivity index (χ2n) is 4.52. The van der Waals surface area contributed by atoms with Crippen molar-refractivity contribution in [2.75, 3.05) is 11.5 Å². The van der Waals surface area contributed by atoms with Gasteiger partial charge in [-0.2, -0.15) is 0 Å². The van der Waals surface area contributed by atoms with Gasteiger partial charge in [0.25, 0.3) is 0 Å². The molecule has 1 atom stereocenters. The maximum Gasteiger partial charge on any atom is 0.243 e. The van der Waals surface area contributed by atoms with Crippen LogP contribution in [0.2, 0.25) is 5.15 Å². The van der Waals surface area contributed by atoms with Crippen molar-refractivity contribution in [2.24, 2.45) is 0 Å². The number of hydrogen-bond donors (Lipinski definition) is 1. The van der Waals surface area contributed by atoms with Crippen molar-refractivity contribution in [2.45, 2.75) is 23.8 Å². The first-order valence-electron chi connectivity index (χ1n) is 5.73. The Morgan fingerprint density at radius 1 is 1.45 bits per heavy atom. The van der Waals surface area contributed by atoms with Crippen molar-refractivity contribution in [3.8, 4) is 0 Å². The molecule has 1 fully saturated rings. The van der Waals surface area contributed by atoms with Gasteiger partial charge in [0.2, 0.25) is 10.0 Å². The van der Waals surface area contributed by atoms with E-state index in [1.54, 1.807) is 0 Å². The SMILES string of the molecule is O=S1(=O)CCCC(NS(=O)(=O)c2cc(Br)cnc2Cl)C1. The van der Waals surface area contributed by atoms with E-state index < -0.39 is 25.9 Å². The van der Waals surface area contributed by atoms with Crippen LogP contribution in [-0.2, 0) is 19.9 Å². The van der Waals surface area contributed by atoms with Crippen molar-refractivity contribution < 1.29 is 16.8 Å². The van der Waals surface area contributed by atoms with Crippen molar-refractivity contribution in [1.29, 1.82) is 0 Å². The molecular weight excluding hydrogens is 392 g/mol. The van der Waals surface area contributed by atoms with Gasteiger partial charge in [-0.25, -0.2) is 26.5 Å². The van der Waals surface area contributed by atoms with Crippen LogP contribution >= 0.6 is 27.5 Å². The normalized spacial score (nSPS) is 22.6. The topological polar surface area (TPSA) is 93.2 Å². The lowest BCUT2D eigenvalue weighted by Gasteiger charge is -2.23. The summed E-state index contributed by atoms with van der Waals surface area (Å²) in [4.78, 5) is 3.58. The molecule has 1 aliphatic heterocycles. The Kier molecular flexibility index (Phi) is 4.75. The molecule has 1 aromatic rings. The van der Waals surface area contributed by atoms with E-state index in [1.807, 2.05) is 0 Å². The monoisotopic (exact) mass is 402 g/mol. The van der Waals surface area contributed by atoms with Gasteiger partial charge in [-0.1, -0.05) is 11.6 Å². The minimum Gasteiger partial charge on any atom is -0.242 e. The summed E-state index contributed by atoms with van der Waals surface area (Å²) < 4.78 is 50.4. The van der Waals surface area contributed by atoms with Gasteiger partial charge >= 0.3 is 0 Å². The number of pyridine rings is 1. The van der Waals surface area contributed by atoms with E-state index in [1.165, 1.54) is 12.3 Å². The largest absolute Gasteiger partial charge is 0.243 e. The molecule has 1 N–H and O–H groups in total. The summed E-state index contributed by atoms with van der Waals surface area (Å²) in [6.45, 7) is 0. The zero-order valence-corrected chi connectivity index (χ0v) is 14.2. The lowest BCUT2D eigenvalue weighted by molar-refractivity contribution is 0.517. The van der Waals surface area contributed by atoms with E-state index in [4.69, 9.17) is 11.6 Å². The average molecular weight is 404 g/mol. The lowest BCUT2D eigenvalue weighted by atomic mass is 10.2. The number of sulfonamides is 1. The molecule has 20 heavy (non-hydrogen) atoms. The van der Waals surface area contributed by atoms with Crippen LogP contribution in [0.15, 0.2) is 21.6 Å². The molecule has 0 amide bonds. The van der Waals surface area contributed by atoms with Crippen molar-refractivity contribution >= 4 is 47.4 Å². The van der Waals surface area contributed by atoms with E-state index in [-0.39, 0.29) is 21.6 Å². The van der Waals surface area contributed by atoms with Crippen LogP contribution in [0.1, 0.15) is 12.8 Å². The third-order valence-corrected chi connectivity index (χ3v) is 7.05. The molecular formula is C10H12BrClN2O4S2. The van der Waals surface area contributed by atoms with Gasteiger partial charge in [0, 0.05) is 16.7 Å². The number of nitrogens with zero attached hydrogens (tertiary/aromatic N) is 1. The standard InChI is InChI=1S/C10H12BrClN2O4S2/c11-7-4-9(10(12)13-5-7)20(17,18)14-8-2-1-3-19(15,16)6-8/h4-5,8,14H,1-3,6H2. The van der Waals surface area contributed by atoms with Crippen LogP contribution in [0.5, 0.6) is 0 Å². The highest BCUT2D eigenvalue weighted by atomic mass is 79.9. The summed E-state index contributed by atoms with van der Waals surface area (Å²) in [6.07, 6.45) is 2.31. The number of hydrogen-bond acceptors (Lipinski definition) is 5. The summed E-state index contributed by atoms with van der Waals surface area (Å²) in [5.74, 6) is -0.0876. The minimum atomic E-state index is -3.90. The van der Waals surface area contributed by atoms with Gasteiger partial charge in [-0.3, -0.25) is 0 Å². The van der Waals surface area contributed by atoms with E-state index in [0.29, 0.717) is 17.3 Å². The number of aromatic nitrogens is 1. The Labute approximate surface area is 131 Å². The number of rotatable bonds is 3. The van der Waals surface area contributed by atoms with Gasteiger partial charge in [-0.15, -0.1) is 0 Å². The molecule has 112 valence electrons. The number of sulfone groups is 1. The fourth-order valence-electron chi connectivity index (χ4n) is 1.99. The summed E-state index contributed by atoms with van der Waals surface area (Å²) in [5.41, 5.74) is 0. The van der Waals surface area contributed by atoms with Crippen LogP contribution in [0.4, 0.5) is 0 Å². The first-order valence-corrected chi connectivity index (χ1v) is 10.2. The van der Waals surface area contributed by atoms with Crippen LogP contribution in [-0.4, -0.2) is 39.4 Å². The number of halogens is 2. The highest BCUT2D eigenvalue weighted by Gasteiger charge is 2.30. The van der Waals surface area contributed by atoms with E-state index in [2.05, 4.69) is 25.6 Å². The molecule has 10 heteroatoms. The summed E-state index contributed by atoms with van der Waals surface area (Å²) in [5, 5.41) is -0.153. The third-order valence-electron chi connectivity index (χ3n) is 2.85. The second-order valence-corrected chi connectivity index (χ2v) is 9.70. The summed E-state index contributed by atoms with van der Waals surface area (Å²) in [6, 6.07) is 0.698. The zero-order valence-electron chi connectivity index (χ0n) is 10.2. The molecule has 0 aliphatic carbocycles. The van der Waals surface area contributed by atoms with Crippen molar-refractivity contribution in [3.05, 3.63) is 21.9 Å². The molecule has 0 saturated carbocycles. The quantitative estimate of drug-likeness (QED) is 0.769. The van der Waals surface area contributed by atoms with Gasteiger partial charge < -0.3 is 0 Å². The van der Waals surface area contributed by atoms with Gasteiger partial charge in [0.15, 0.2) is 9.84 Å². The van der Waals surface area contributed by atoms with Gasteiger partial charge in [-0.05, 0) is 34.8 Å². The molecule has 1 aliphatic rings. The Hall–Kier alpha value is -0.220. The van der Waals surface area contributed by atoms with E-state index in [0.717, 1.165) is 0 Å². The maximum atomic E-state index is 12.2. The van der Waals surface area contributed by atoms with Crippen LogP contribution in [0.25, 0.3) is 0 Å². The lowest BCUT2D eigenvalue weighted by Crippen LogP contribution is -2.43.